The first-order valence-corrected chi connectivity index (χ1v) is 10.0. The van der Waals surface area contributed by atoms with Gasteiger partial charge in [0, 0.05) is 16.4 Å². The molecular weight excluding hydrogens is 430 g/mol. The molecule has 0 spiro atoms. The van der Waals surface area contributed by atoms with Gasteiger partial charge >= 0.3 is 5.69 Å². The van der Waals surface area contributed by atoms with Gasteiger partial charge in [0.05, 0.1) is 4.92 Å². The van der Waals surface area contributed by atoms with E-state index in [9.17, 15) is 10.1 Å². The Morgan fingerprint density at radius 2 is 1.53 bits per heavy atom. The predicted molar refractivity (Wildman–Crippen MR) is 124 cm³/mol. The number of ether oxygens (including phenoxy) is 1. The van der Waals surface area contributed by atoms with Gasteiger partial charge in [0.2, 0.25) is 11.6 Å². The van der Waals surface area contributed by atoms with Gasteiger partial charge in [-0.15, -0.1) is 0 Å². The molecule has 0 saturated carbocycles. The average molecular weight is 448 g/mol. The van der Waals surface area contributed by atoms with E-state index in [0.29, 0.717) is 27.9 Å². The van der Waals surface area contributed by atoms with Crippen molar-refractivity contribution in [3.8, 4) is 11.5 Å². The monoisotopic (exact) mass is 447 g/mol. The number of nitro groups is 1. The fourth-order valence-corrected chi connectivity index (χ4v) is 3.15. The van der Waals surface area contributed by atoms with Gasteiger partial charge in [-0.25, -0.2) is 9.97 Å². The molecule has 0 bridgehead atoms. The summed E-state index contributed by atoms with van der Waals surface area (Å²) in [6.07, 6.45) is 1.25. The van der Waals surface area contributed by atoms with Crippen LogP contribution in [0.2, 0.25) is 5.02 Å². The number of benzene rings is 3. The number of nitrogens with one attached hydrogen (secondary N) is 2. The summed E-state index contributed by atoms with van der Waals surface area (Å²) in [7, 11) is 0. The second-order valence-corrected chi connectivity index (χ2v) is 7.19. The summed E-state index contributed by atoms with van der Waals surface area (Å²) in [5.74, 6) is 1.47. The molecule has 160 valence electrons. The molecule has 0 aliphatic heterocycles. The molecule has 9 heteroatoms. The van der Waals surface area contributed by atoms with E-state index in [-0.39, 0.29) is 17.3 Å². The first-order valence-electron chi connectivity index (χ1n) is 9.63. The van der Waals surface area contributed by atoms with Crippen LogP contribution in [0.25, 0.3) is 0 Å². The van der Waals surface area contributed by atoms with Crippen LogP contribution in [0.5, 0.6) is 11.5 Å². The van der Waals surface area contributed by atoms with Crippen LogP contribution in [0.4, 0.5) is 28.7 Å². The number of hydrogen-bond donors (Lipinski definition) is 2. The lowest BCUT2D eigenvalue weighted by molar-refractivity contribution is -0.383. The molecule has 2 N–H and O–H groups in total. The van der Waals surface area contributed by atoms with E-state index >= 15 is 0 Å². The van der Waals surface area contributed by atoms with Crippen LogP contribution in [0.15, 0.2) is 79.1 Å². The van der Waals surface area contributed by atoms with Crippen LogP contribution in [0, 0.1) is 17.0 Å². The van der Waals surface area contributed by atoms with Crippen molar-refractivity contribution in [3.63, 3.8) is 0 Å². The third kappa shape index (κ3) is 4.76. The number of para-hydroxylation sites is 1. The molecule has 3 aromatic carbocycles. The Morgan fingerprint density at radius 3 is 2.22 bits per heavy atom. The predicted octanol–water partition coefficient (Wildman–Crippen LogP) is 6.63. The highest BCUT2D eigenvalue weighted by Gasteiger charge is 2.24. The van der Waals surface area contributed by atoms with Gasteiger partial charge in [0.1, 0.15) is 17.8 Å². The Hall–Kier alpha value is -4.17. The summed E-state index contributed by atoms with van der Waals surface area (Å²) >= 11 is 6.16. The van der Waals surface area contributed by atoms with E-state index in [1.807, 2.05) is 37.3 Å². The molecular formula is C23H18ClN5O3. The first-order chi connectivity index (χ1) is 15.5. The molecule has 8 nitrogen and oxygen atoms in total. The zero-order valence-corrected chi connectivity index (χ0v) is 17.7. The van der Waals surface area contributed by atoms with Crippen molar-refractivity contribution in [2.45, 2.75) is 6.92 Å². The minimum atomic E-state index is -0.530. The Labute approximate surface area is 189 Å². The summed E-state index contributed by atoms with van der Waals surface area (Å²) in [4.78, 5) is 19.4. The summed E-state index contributed by atoms with van der Waals surface area (Å²) in [5.41, 5.74) is 1.70. The van der Waals surface area contributed by atoms with Gasteiger partial charge in [-0.05, 0) is 61.0 Å². The first kappa shape index (κ1) is 21.1. The molecule has 0 aliphatic carbocycles. The van der Waals surface area contributed by atoms with Crippen LogP contribution >= 0.6 is 11.6 Å². The van der Waals surface area contributed by atoms with Gasteiger partial charge in [-0.1, -0.05) is 35.9 Å². The highest BCUT2D eigenvalue weighted by Crippen LogP contribution is 2.35. The maximum atomic E-state index is 11.8. The van der Waals surface area contributed by atoms with Gasteiger partial charge in [0.25, 0.3) is 0 Å². The largest absolute Gasteiger partial charge is 0.457 e. The SMILES string of the molecule is Cc1c(Cl)cccc1Nc1ncnc(Nc2ccc(Oc3ccccc3)cc2)c1[N+](=O)[O-]. The van der Waals surface area contributed by atoms with Crippen LogP contribution in [-0.4, -0.2) is 14.9 Å². The third-order valence-electron chi connectivity index (χ3n) is 4.62. The second-order valence-electron chi connectivity index (χ2n) is 6.78. The second kappa shape index (κ2) is 9.32. The summed E-state index contributed by atoms with van der Waals surface area (Å²) in [6.45, 7) is 1.82. The number of aromatic nitrogens is 2. The number of anilines is 4. The summed E-state index contributed by atoms with van der Waals surface area (Å²) in [6, 6.07) is 21.7. The molecule has 4 rings (SSSR count). The Morgan fingerprint density at radius 1 is 0.875 bits per heavy atom. The van der Waals surface area contributed by atoms with E-state index in [1.54, 1.807) is 42.5 Å². The Balaban J connectivity index is 1.58. The van der Waals surface area contributed by atoms with Crippen LogP contribution in [0.3, 0.4) is 0 Å². The molecule has 0 aliphatic rings. The van der Waals surface area contributed by atoms with E-state index in [2.05, 4.69) is 20.6 Å². The number of rotatable bonds is 7. The molecule has 0 unspecified atom stereocenters. The maximum absolute atomic E-state index is 11.8. The normalized spacial score (nSPS) is 10.4. The van der Waals surface area contributed by atoms with Crippen molar-refractivity contribution in [2.75, 3.05) is 10.6 Å². The van der Waals surface area contributed by atoms with E-state index in [1.165, 1.54) is 6.33 Å². The van der Waals surface area contributed by atoms with E-state index in [4.69, 9.17) is 16.3 Å². The zero-order valence-electron chi connectivity index (χ0n) is 16.9. The molecule has 32 heavy (non-hydrogen) atoms. The molecule has 1 aromatic heterocycles. The van der Waals surface area contributed by atoms with Crippen molar-refractivity contribution < 1.29 is 9.66 Å². The van der Waals surface area contributed by atoms with Crippen molar-refractivity contribution in [1.29, 1.82) is 0 Å². The van der Waals surface area contributed by atoms with Crippen LogP contribution < -0.4 is 15.4 Å². The fourth-order valence-electron chi connectivity index (χ4n) is 2.97. The minimum absolute atomic E-state index is 0.0573. The quantitative estimate of drug-likeness (QED) is 0.242. The van der Waals surface area contributed by atoms with Crippen molar-refractivity contribution in [3.05, 3.63) is 99.8 Å². The highest BCUT2D eigenvalue weighted by molar-refractivity contribution is 6.31. The average Bonchev–Trinajstić information content (AvgIpc) is 2.79. The lowest BCUT2D eigenvalue weighted by atomic mass is 10.2. The maximum Gasteiger partial charge on any atom is 0.353 e. The zero-order chi connectivity index (χ0) is 22.5. The lowest BCUT2D eigenvalue weighted by Crippen LogP contribution is -2.06. The standard InChI is InChI=1S/C23H18ClN5O3/c1-15-19(24)8-5-9-20(15)28-23-21(29(30)31)22(25-14-26-23)27-16-10-12-18(13-11-16)32-17-6-3-2-4-7-17/h2-14H,1H3,(H2,25,26,27,28). The van der Waals surface area contributed by atoms with Crippen molar-refractivity contribution >= 4 is 40.3 Å². The van der Waals surface area contributed by atoms with E-state index in [0.717, 1.165) is 5.56 Å². The molecule has 4 aromatic rings. The van der Waals surface area contributed by atoms with Crippen LogP contribution in [0.1, 0.15) is 5.56 Å². The summed E-state index contributed by atoms with van der Waals surface area (Å²) < 4.78 is 5.77. The summed E-state index contributed by atoms with van der Waals surface area (Å²) in [5, 5.41) is 18.3. The number of hydrogen-bond acceptors (Lipinski definition) is 7. The molecule has 0 amide bonds. The topological polar surface area (TPSA) is 102 Å². The Kier molecular flexibility index (Phi) is 6.14. The Bertz CT molecular complexity index is 1250. The molecule has 0 radical (unpaired) electrons. The lowest BCUT2D eigenvalue weighted by Gasteiger charge is -2.12. The van der Waals surface area contributed by atoms with Crippen molar-refractivity contribution in [2.24, 2.45) is 0 Å². The fraction of sp³-hybridized carbons (Fsp3) is 0.0435. The number of nitrogens with zero attached hydrogens (tertiary/aromatic N) is 3. The van der Waals surface area contributed by atoms with Crippen molar-refractivity contribution in [1.82, 2.24) is 9.97 Å². The van der Waals surface area contributed by atoms with Gasteiger partial charge in [-0.3, -0.25) is 10.1 Å². The molecule has 0 saturated heterocycles. The smallest absolute Gasteiger partial charge is 0.353 e. The minimum Gasteiger partial charge on any atom is -0.457 e. The molecule has 1 heterocycles. The molecule has 0 atom stereocenters. The molecule has 0 fully saturated rings. The number of halogens is 1. The van der Waals surface area contributed by atoms with Gasteiger partial charge in [-0.2, -0.15) is 0 Å². The van der Waals surface area contributed by atoms with E-state index < -0.39 is 4.92 Å². The van der Waals surface area contributed by atoms with Gasteiger partial charge < -0.3 is 15.4 Å². The van der Waals surface area contributed by atoms with Gasteiger partial charge in [0.15, 0.2) is 0 Å². The third-order valence-corrected chi connectivity index (χ3v) is 5.03. The highest BCUT2D eigenvalue weighted by atomic mass is 35.5. The van der Waals surface area contributed by atoms with Crippen LogP contribution in [-0.2, 0) is 0 Å².